The van der Waals surface area contributed by atoms with Crippen LogP contribution in [-0.4, -0.2) is 37.2 Å². The third-order valence-electron chi connectivity index (χ3n) is 16.0. The Morgan fingerprint density at radius 1 is 0.270 bits per heavy atom. The minimum absolute atomic E-state index is 0.0622. The maximum absolute atomic E-state index is 12.9. The van der Waals surface area contributed by atoms with Crippen LogP contribution >= 0.6 is 0 Å². The SMILES string of the molecule is CCC(C)CCCCCCCCCCCCCCCCC(=O)OC[C@H](COC(=O)CCCCCCCCCCCCCCCCC(C)C)OC(=O)CCCCCCCCCCCCCCCCCCCCC(C)C. The van der Waals surface area contributed by atoms with Gasteiger partial charge in [-0.05, 0) is 37.0 Å². The summed E-state index contributed by atoms with van der Waals surface area (Å²) in [5.41, 5.74) is 0. The highest BCUT2D eigenvalue weighted by molar-refractivity contribution is 5.71. The van der Waals surface area contributed by atoms with E-state index in [4.69, 9.17) is 14.2 Å². The number of ether oxygens (including phenoxy) is 3. The van der Waals surface area contributed by atoms with E-state index in [1.165, 1.54) is 263 Å². The van der Waals surface area contributed by atoms with Crippen molar-refractivity contribution in [1.29, 1.82) is 0 Å². The highest BCUT2D eigenvalue weighted by Crippen LogP contribution is 2.20. The van der Waals surface area contributed by atoms with E-state index < -0.39 is 6.10 Å². The molecule has 0 aromatic carbocycles. The molecule has 74 heavy (non-hydrogen) atoms. The van der Waals surface area contributed by atoms with Crippen molar-refractivity contribution < 1.29 is 28.6 Å². The van der Waals surface area contributed by atoms with Gasteiger partial charge in [0.1, 0.15) is 13.2 Å². The Labute approximate surface area is 463 Å². The molecular weight excluding hydrogens is 913 g/mol. The van der Waals surface area contributed by atoms with Crippen LogP contribution < -0.4 is 0 Å². The second kappa shape index (κ2) is 59.1. The Hall–Kier alpha value is -1.59. The predicted octanol–water partition coefficient (Wildman–Crippen LogP) is 22.6. The smallest absolute Gasteiger partial charge is 0.306 e. The summed E-state index contributed by atoms with van der Waals surface area (Å²) in [7, 11) is 0. The molecule has 0 heterocycles. The molecule has 440 valence electrons. The van der Waals surface area contributed by atoms with E-state index in [1.54, 1.807) is 0 Å². The molecule has 0 aliphatic heterocycles. The third kappa shape index (κ3) is 59.7. The molecule has 0 aromatic rings. The lowest BCUT2D eigenvalue weighted by molar-refractivity contribution is -0.167. The molecule has 6 nitrogen and oxygen atoms in total. The van der Waals surface area contributed by atoms with Gasteiger partial charge in [0.15, 0.2) is 6.10 Å². The first-order valence-electron chi connectivity index (χ1n) is 33.6. The first kappa shape index (κ1) is 72.4. The molecule has 1 unspecified atom stereocenters. The van der Waals surface area contributed by atoms with Crippen molar-refractivity contribution in [1.82, 2.24) is 0 Å². The van der Waals surface area contributed by atoms with Crippen molar-refractivity contribution in [3.63, 3.8) is 0 Å². The van der Waals surface area contributed by atoms with Gasteiger partial charge in [0.05, 0.1) is 0 Å². The van der Waals surface area contributed by atoms with Gasteiger partial charge >= 0.3 is 17.9 Å². The molecule has 0 aromatic heterocycles. The fourth-order valence-corrected chi connectivity index (χ4v) is 10.6. The standard InChI is InChI=1S/C68H132O6/c1-7-64(6)56-50-44-38-32-26-20-15-17-22-28-34-40-46-52-58-67(70)73-61-65(60-72-66(69)57-51-45-39-33-27-21-16-14-19-25-31-37-43-49-55-63(4)5)74-68(71)59-53-47-41-35-29-23-13-11-9-8-10-12-18-24-30-36-42-48-54-62(2)3/h62-65H,7-61H2,1-6H3/t64?,65-/m0/s1. The summed E-state index contributed by atoms with van der Waals surface area (Å²) in [4.78, 5) is 38.4. The number of carbonyl (C=O) groups excluding carboxylic acids is 3. The van der Waals surface area contributed by atoms with Crippen molar-refractivity contribution in [3.05, 3.63) is 0 Å². The van der Waals surface area contributed by atoms with Gasteiger partial charge in [-0.25, -0.2) is 0 Å². The number of rotatable bonds is 61. The van der Waals surface area contributed by atoms with Gasteiger partial charge in [-0.15, -0.1) is 0 Å². The Morgan fingerprint density at radius 2 is 0.473 bits per heavy atom. The quantitative estimate of drug-likeness (QED) is 0.0343. The van der Waals surface area contributed by atoms with Crippen LogP contribution in [0.3, 0.4) is 0 Å². The van der Waals surface area contributed by atoms with Crippen LogP contribution in [0.25, 0.3) is 0 Å². The fraction of sp³-hybridized carbons (Fsp3) is 0.956. The average molecular weight is 1050 g/mol. The predicted molar refractivity (Wildman–Crippen MR) is 321 cm³/mol. The van der Waals surface area contributed by atoms with E-state index in [0.717, 1.165) is 75.5 Å². The van der Waals surface area contributed by atoms with Crippen LogP contribution in [0.15, 0.2) is 0 Å². The summed E-state index contributed by atoms with van der Waals surface area (Å²) in [6, 6.07) is 0. The van der Waals surface area contributed by atoms with E-state index in [2.05, 4.69) is 41.5 Å². The van der Waals surface area contributed by atoms with Crippen LogP contribution in [-0.2, 0) is 28.6 Å². The molecule has 6 heteroatoms. The minimum Gasteiger partial charge on any atom is -0.462 e. The monoisotopic (exact) mass is 1050 g/mol. The summed E-state index contributed by atoms with van der Waals surface area (Å²) < 4.78 is 17.0. The molecular formula is C68H132O6. The summed E-state index contributed by atoms with van der Waals surface area (Å²) >= 11 is 0. The number of hydrogen-bond acceptors (Lipinski definition) is 6. The Morgan fingerprint density at radius 3 is 0.703 bits per heavy atom. The van der Waals surface area contributed by atoms with Crippen molar-refractivity contribution in [3.8, 4) is 0 Å². The summed E-state index contributed by atoms with van der Waals surface area (Å²) in [5, 5.41) is 0. The molecule has 0 aliphatic carbocycles. The van der Waals surface area contributed by atoms with Gasteiger partial charge in [-0.2, -0.15) is 0 Å². The van der Waals surface area contributed by atoms with Gasteiger partial charge in [0, 0.05) is 19.3 Å². The Bertz CT molecular complexity index is 1150. The van der Waals surface area contributed by atoms with Crippen molar-refractivity contribution in [2.24, 2.45) is 17.8 Å². The fourth-order valence-electron chi connectivity index (χ4n) is 10.6. The summed E-state index contributed by atoms with van der Waals surface area (Å²) in [6.45, 7) is 13.9. The van der Waals surface area contributed by atoms with Gasteiger partial charge in [-0.1, -0.05) is 343 Å². The molecule has 0 amide bonds. The number of carbonyl (C=O) groups is 3. The van der Waals surface area contributed by atoms with E-state index in [-0.39, 0.29) is 31.1 Å². The minimum atomic E-state index is -0.765. The zero-order valence-corrected chi connectivity index (χ0v) is 51.1. The molecule has 0 saturated carbocycles. The van der Waals surface area contributed by atoms with Gasteiger partial charge in [-0.3, -0.25) is 14.4 Å². The number of hydrogen-bond donors (Lipinski definition) is 0. The molecule has 2 atom stereocenters. The van der Waals surface area contributed by atoms with Crippen molar-refractivity contribution >= 4 is 17.9 Å². The first-order valence-corrected chi connectivity index (χ1v) is 33.6. The van der Waals surface area contributed by atoms with E-state index >= 15 is 0 Å². The maximum atomic E-state index is 12.9. The van der Waals surface area contributed by atoms with E-state index in [1.807, 2.05) is 0 Å². The second-order valence-corrected chi connectivity index (χ2v) is 24.7. The van der Waals surface area contributed by atoms with Crippen LogP contribution in [0, 0.1) is 17.8 Å². The Kier molecular flexibility index (Phi) is 57.8. The zero-order chi connectivity index (χ0) is 54.1. The first-order chi connectivity index (χ1) is 36.1. The third-order valence-corrected chi connectivity index (χ3v) is 16.0. The maximum Gasteiger partial charge on any atom is 0.306 e. The molecule has 0 radical (unpaired) electrons. The van der Waals surface area contributed by atoms with Gasteiger partial charge < -0.3 is 14.2 Å². The van der Waals surface area contributed by atoms with Crippen molar-refractivity contribution in [2.45, 2.75) is 388 Å². The molecule has 0 N–H and O–H groups in total. The highest BCUT2D eigenvalue weighted by atomic mass is 16.6. The number of unbranched alkanes of at least 4 members (excludes halogenated alkanes) is 43. The van der Waals surface area contributed by atoms with Crippen LogP contribution in [0.2, 0.25) is 0 Å². The topological polar surface area (TPSA) is 78.9 Å². The van der Waals surface area contributed by atoms with Crippen molar-refractivity contribution in [2.75, 3.05) is 13.2 Å². The average Bonchev–Trinajstić information content (AvgIpc) is 3.38. The lowest BCUT2D eigenvalue weighted by Gasteiger charge is -2.18. The molecule has 0 spiro atoms. The Balaban J connectivity index is 4.29. The lowest BCUT2D eigenvalue weighted by atomic mass is 9.99. The summed E-state index contributed by atoms with van der Waals surface area (Å²) in [6.07, 6.45) is 65.3. The normalized spacial score (nSPS) is 12.5. The van der Waals surface area contributed by atoms with Gasteiger partial charge in [0.25, 0.3) is 0 Å². The van der Waals surface area contributed by atoms with Gasteiger partial charge in [0.2, 0.25) is 0 Å². The lowest BCUT2D eigenvalue weighted by Crippen LogP contribution is -2.30. The van der Waals surface area contributed by atoms with Crippen LogP contribution in [0.5, 0.6) is 0 Å². The zero-order valence-electron chi connectivity index (χ0n) is 51.1. The van der Waals surface area contributed by atoms with E-state index in [9.17, 15) is 14.4 Å². The molecule has 0 saturated heterocycles. The molecule has 0 aliphatic rings. The molecule has 0 bridgehead atoms. The van der Waals surface area contributed by atoms with Crippen LogP contribution in [0.1, 0.15) is 382 Å². The largest absolute Gasteiger partial charge is 0.462 e. The number of esters is 3. The molecule has 0 rings (SSSR count). The van der Waals surface area contributed by atoms with Crippen LogP contribution in [0.4, 0.5) is 0 Å². The second-order valence-electron chi connectivity index (χ2n) is 24.7. The molecule has 0 fully saturated rings. The van der Waals surface area contributed by atoms with E-state index in [0.29, 0.717) is 19.3 Å². The highest BCUT2D eigenvalue weighted by Gasteiger charge is 2.20. The summed E-state index contributed by atoms with van der Waals surface area (Å²) in [5.74, 6) is 1.77.